The minimum absolute atomic E-state index is 0.0101. The van der Waals surface area contributed by atoms with Crippen molar-refractivity contribution in [3.63, 3.8) is 0 Å². The van der Waals surface area contributed by atoms with Gasteiger partial charge in [-0.2, -0.15) is 5.10 Å². The van der Waals surface area contributed by atoms with E-state index in [-0.39, 0.29) is 5.91 Å². The molecule has 2 aromatic heterocycles. The summed E-state index contributed by atoms with van der Waals surface area (Å²) in [5.41, 5.74) is 2.84. The highest BCUT2D eigenvalue weighted by molar-refractivity contribution is 6.30. The molecule has 1 N–H and O–H groups in total. The van der Waals surface area contributed by atoms with E-state index in [4.69, 9.17) is 16.0 Å². The molecular formula is C23H21ClN4O2. The molecule has 0 saturated carbocycles. The normalized spacial score (nSPS) is 10.8. The molecular weight excluding hydrogens is 400 g/mol. The van der Waals surface area contributed by atoms with E-state index in [2.05, 4.69) is 15.4 Å². The Hall–Kier alpha value is -3.38. The predicted molar refractivity (Wildman–Crippen MR) is 115 cm³/mol. The topological polar surface area (TPSA) is 73.0 Å². The van der Waals surface area contributed by atoms with Crippen molar-refractivity contribution in [2.75, 3.05) is 0 Å². The van der Waals surface area contributed by atoms with Gasteiger partial charge in [-0.15, -0.1) is 0 Å². The summed E-state index contributed by atoms with van der Waals surface area (Å²) < 4.78 is 7.53. The Kier molecular flexibility index (Phi) is 6.25. The van der Waals surface area contributed by atoms with Gasteiger partial charge in [0.15, 0.2) is 11.7 Å². The lowest BCUT2D eigenvalue weighted by Crippen LogP contribution is -2.22. The van der Waals surface area contributed by atoms with Gasteiger partial charge in [-0.3, -0.25) is 4.79 Å². The second kappa shape index (κ2) is 9.41. The van der Waals surface area contributed by atoms with Gasteiger partial charge in [0, 0.05) is 41.7 Å². The summed E-state index contributed by atoms with van der Waals surface area (Å²) in [6.07, 6.45) is 7.06. The van der Waals surface area contributed by atoms with Crippen molar-refractivity contribution >= 4 is 17.5 Å². The van der Waals surface area contributed by atoms with Crippen molar-refractivity contribution in [2.24, 2.45) is 0 Å². The highest BCUT2D eigenvalue weighted by Crippen LogP contribution is 2.20. The van der Waals surface area contributed by atoms with Gasteiger partial charge in [-0.1, -0.05) is 41.9 Å². The Labute approximate surface area is 179 Å². The van der Waals surface area contributed by atoms with E-state index < -0.39 is 0 Å². The van der Waals surface area contributed by atoms with Gasteiger partial charge in [0.25, 0.3) is 0 Å². The molecule has 7 heteroatoms. The molecule has 0 aliphatic carbocycles. The Morgan fingerprint density at radius 2 is 1.87 bits per heavy atom. The summed E-state index contributed by atoms with van der Waals surface area (Å²) in [7, 11) is 0. The zero-order valence-corrected chi connectivity index (χ0v) is 17.0. The number of oxazole rings is 1. The van der Waals surface area contributed by atoms with Gasteiger partial charge in [0.1, 0.15) is 0 Å². The van der Waals surface area contributed by atoms with Gasteiger partial charge in [0.05, 0.1) is 18.1 Å². The lowest BCUT2D eigenvalue weighted by molar-refractivity contribution is -0.121. The minimum atomic E-state index is -0.0101. The molecule has 2 aromatic carbocycles. The monoisotopic (exact) mass is 420 g/mol. The first kappa shape index (κ1) is 19.9. The van der Waals surface area contributed by atoms with Crippen LogP contribution in [0.2, 0.25) is 5.02 Å². The largest absolute Gasteiger partial charge is 0.441 e. The SMILES string of the molecule is O=C(CCCc1ncc(-c2ccccc2)o1)NCc1cnn(-c2ccc(Cl)cc2)c1. The lowest BCUT2D eigenvalue weighted by atomic mass is 10.2. The van der Waals surface area contributed by atoms with Crippen LogP contribution in [-0.4, -0.2) is 20.7 Å². The van der Waals surface area contributed by atoms with Gasteiger partial charge >= 0.3 is 0 Å². The first-order valence-electron chi connectivity index (χ1n) is 9.74. The van der Waals surface area contributed by atoms with Crippen LogP contribution in [0.15, 0.2) is 77.6 Å². The van der Waals surface area contributed by atoms with E-state index in [0.717, 1.165) is 22.6 Å². The Morgan fingerprint density at radius 1 is 1.07 bits per heavy atom. The minimum Gasteiger partial charge on any atom is -0.441 e. The summed E-state index contributed by atoms with van der Waals surface area (Å²) in [5.74, 6) is 1.38. The molecule has 30 heavy (non-hydrogen) atoms. The predicted octanol–water partition coefficient (Wildman–Crippen LogP) is 4.82. The number of halogens is 1. The van der Waals surface area contributed by atoms with Crippen LogP contribution in [0.4, 0.5) is 0 Å². The number of nitrogens with one attached hydrogen (secondary N) is 1. The van der Waals surface area contributed by atoms with Crippen molar-refractivity contribution in [3.05, 3.63) is 89.7 Å². The molecule has 4 rings (SSSR count). The number of benzene rings is 2. The van der Waals surface area contributed by atoms with E-state index in [1.165, 1.54) is 0 Å². The summed E-state index contributed by atoms with van der Waals surface area (Å²) >= 11 is 5.91. The fraction of sp³-hybridized carbons (Fsp3) is 0.174. The summed E-state index contributed by atoms with van der Waals surface area (Å²) in [4.78, 5) is 16.4. The molecule has 0 bridgehead atoms. The third-order valence-corrected chi connectivity index (χ3v) is 4.88. The van der Waals surface area contributed by atoms with Gasteiger partial charge in [0.2, 0.25) is 5.91 Å². The van der Waals surface area contributed by atoms with Crippen molar-refractivity contribution in [1.29, 1.82) is 0 Å². The van der Waals surface area contributed by atoms with Crippen LogP contribution < -0.4 is 5.32 Å². The van der Waals surface area contributed by atoms with E-state index in [0.29, 0.717) is 36.7 Å². The Morgan fingerprint density at radius 3 is 2.67 bits per heavy atom. The van der Waals surface area contributed by atoms with Crippen molar-refractivity contribution in [1.82, 2.24) is 20.1 Å². The number of hydrogen-bond donors (Lipinski definition) is 1. The average Bonchev–Trinajstić information content (AvgIpc) is 3.43. The second-order valence-corrected chi connectivity index (χ2v) is 7.32. The Bertz CT molecular complexity index is 1100. The molecule has 4 aromatic rings. The number of carbonyl (C=O) groups excluding carboxylic acids is 1. The van der Waals surface area contributed by atoms with Crippen LogP contribution >= 0.6 is 11.6 Å². The van der Waals surface area contributed by atoms with Gasteiger partial charge in [-0.25, -0.2) is 9.67 Å². The molecule has 0 aliphatic rings. The maximum Gasteiger partial charge on any atom is 0.220 e. The van der Waals surface area contributed by atoms with E-state index in [1.54, 1.807) is 17.1 Å². The molecule has 0 saturated heterocycles. The summed E-state index contributed by atoms with van der Waals surface area (Å²) in [5, 5.41) is 7.93. The van der Waals surface area contributed by atoms with Crippen LogP contribution in [0.5, 0.6) is 0 Å². The molecule has 0 radical (unpaired) electrons. The first-order chi connectivity index (χ1) is 14.7. The van der Waals surface area contributed by atoms with E-state index in [9.17, 15) is 4.79 Å². The maximum absolute atomic E-state index is 12.1. The molecule has 0 unspecified atom stereocenters. The van der Waals surface area contributed by atoms with Crippen LogP contribution in [-0.2, 0) is 17.8 Å². The molecule has 0 fully saturated rings. The second-order valence-electron chi connectivity index (χ2n) is 6.88. The number of nitrogens with zero attached hydrogens (tertiary/aromatic N) is 3. The molecule has 6 nitrogen and oxygen atoms in total. The number of hydrogen-bond acceptors (Lipinski definition) is 4. The Balaban J connectivity index is 1.21. The van der Waals surface area contributed by atoms with Crippen LogP contribution in [0.1, 0.15) is 24.3 Å². The third-order valence-electron chi connectivity index (χ3n) is 4.62. The van der Waals surface area contributed by atoms with E-state index in [1.807, 2.05) is 60.8 Å². The molecule has 0 atom stereocenters. The third kappa shape index (κ3) is 5.15. The quantitative estimate of drug-likeness (QED) is 0.443. The smallest absolute Gasteiger partial charge is 0.220 e. The number of amides is 1. The van der Waals surface area contributed by atoms with E-state index >= 15 is 0 Å². The van der Waals surface area contributed by atoms with Crippen molar-refractivity contribution in [2.45, 2.75) is 25.8 Å². The fourth-order valence-electron chi connectivity index (χ4n) is 3.04. The maximum atomic E-state index is 12.1. The zero-order chi connectivity index (χ0) is 20.8. The fourth-order valence-corrected chi connectivity index (χ4v) is 3.16. The summed E-state index contributed by atoms with van der Waals surface area (Å²) in [6, 6.07) is 17.3. The highest BCUT2D eigenvalue weighted by atomic mass is 35.5. The first-order valence-corrected chi connectivity index (χ1v) is 10.1. The number of carbonyl (C=O) groups is 1. The molecule has 0 aliphatic heterocycles. The van der Waals surface area contributed by atoms with Crippen molar-refractivity contribution < 1.29 is 9.21 Å². The van der Waals surface area contributed by atoms with Crippen LogP contribution in [0, 0.1) is 0 Å². The van der Waals surface area contributed by atoms with Gasteiger partial charge in [-0.05, 0) is 30.7 Å². The number of rotatable bonds is 8. The molecule has 1 amide bonds. The average molecular weight is 421 g/mol. The standard InChI is InChI=1S/C23H21ClN4O2/c24-19-9-11-20(12-10-19)28-16-17(14-27-28)13-25-22(29)7-4-8-23-26-15-21(30-23)18-5-2-1-3-6-18/h1-3,5-6,9-12,14-16H,4,7-8,13H2,(H,25,29). The molecule has 0 spiro atoms. The molecule has 152 valence electrons. The summed E-state index contributed by atoms with van der Waals surface area (Å²) in [6.45, 7) is 0.434. The van der Waals surface area contributed by atoms with Gasteiger partial charge < -0.3 is 9.73 Å². The molecule has 2 heterocycles. The van der Waals surface area contributed by atoms with Crippen LogP contribution in [0.25, 0.3) is 17.0 Å². The zero-order valence-electron chi connectivity index (χ0n) is 16.3. The lowest BCUT2D eigenvalue weighted by Gasteiger charge is -2.03. The van der Waals surface area contributed by atoms with Crippen molar-refractivity contribution in [3.8, 4) is 17.0 Å². The number of aromatic nitrogens is 3. The highest BCUT2D eigenvalue weighted by Gasteiger charge is 2.08. The van der Waals surface area contributed by atoms with Crippen LogP contribution in [0.3, 0.4) is 0 Å². The number of aryl methyl sites for hydroxylation is 1.